The van der Waals surface area contributed by atoms with Gasteiger partial charge in [0.25, 0.3) is 0 Å². The summed E-state index contributed by atoms with van der Waals surface area (Å²) in [5.74, 6) is 2.76. The Hall–Kier alpha value is -2.78. The molecular formula is C28H31ClN2O. The van der Waals surface area contributed by atoms with Gasteiger partial charge < -0.3 is 9.30 Å². The number of hydrogen-bond acceptors (Lipinski definition) is 2. The van der Waals surface area contributed by atoms with Gasteiger partial charge in [0.15, 0.2) is 0 Å². The van der Waals surface area contributed by atoms with E-state index >= 15 is 0 Å². The molecule has 0 N–H and O–H groups in total. The third-order valence-corrected chi connectivity index (χ3v) is 6.33. The zero-order chi connectivity index (χ0) is 22.7. The van der Waals surface area contributed by atoms with Crippen LogP contribution in [-0.2, 0) is 13.0 Å². The van der Waals surface area contributed by atoms with Crippen molar-refractivity contribution in [1.82, 2.24) is 9.55 Å². The standard InChI is InChI=1S/C28H31ClN2O/c1-19(2)17-22-9-11-23(12-10-22)21(4)28-30-26-7-5-6-8-27(26)31(28)15-16-32-24-13-14-25(29)20(3)18-24/h5-14,18-19,21H,15-17H2,1-4H3. The van der Waals surface area contributed by atoms with E-state index in [1.54, 1.807) is 0 Å². The number of nitrogens with zero attached hydrogens (tertiary/aromatic N) is 2. The molecule has 0 radical (unpaired) electrons. The second kappa shape index (κ2) is 9.79. The number of rotatable bonds is 8. The fraction of sp³-hybridized carbons (Fsp3) is 0.321. The molecule has 1 atom stereocenters. The van der Waals surface area contributed by atoms with Crippen LogP contribution in [0, 0.1) is 12.8 Å². The molecule has 0 bridgehead atoms. The summed E-state index contributed by atoms with van der Waals surface area (Å²) in [6.07, 6.45) is 1.11. The molecule has 0 amide bonds. The predicted molar refractivity (Wildman–Crippen MR) is 134 cm³/mol. The first-order valence-electron chi connectivity index (χ1n) is 11.4. The highest BCUT2D eigenvalue weighted by atomic mass is 35.5. The summed E-state index contributed by atoms with van der Waals surface area (Å²) in [4.78, 5) is 5.00. The molecule has 3 nitrogen and oxygen atoms in total. The van der Waals surface area contributed by atoms with Crippen LogP contribution in [0.25, 0.3) is 11.0 Å². The molecule has 0 fully saturated rings. The van der Waals surface area contributed by atoms with E-state index in [0.717, 1.165) is 46.2 Å². The molecule has 166 valence electrons. The minimum absolute atomic E-state index is 0.188. The summed E-state index contributed by atoms with van der Waals surface area (Å²) in [6, 6.07) is 23.1. The Labute approximate surface area is 196 Å². The molecule has 4 heteroatoms. The van der Waals surface area contributed by atoms with Crippen LogP contribution < -0.4 is 4.74 Å². The molecule has 3 aromatic carbocycles. The maximum absolute atomic E-state index is 6.14. The van der Waals surface area contributed by atoms with E-state index < -0.39 is 0 Å². The van der Waals surface area contributed by atoms with Gasteiger partial charge in [-0.25, -0.2) is 4.98 Å². The minimum Gasteiger partial charge on any atom is -0.492 e. The van der Waals surface area contributed by atoms with Crippen molar-refractivity contribution in [2.75, 3.05) is 6.61 Å². The van der Waals surface area contributed by atoms with Gasteiger partial charge in [-0.15, -0.1) is 0 Å². The molecule has 1 unspecified atom stereocenters. The topological polar surface area (TPSA) is 27.1 Å². The van der Waals surface area contributed by atoms with Gasteiger partial charge in [-0.2, -0.15) is 0 Å². The Morgan fingerprint density at radius 3 is 2.44 bits per heavy atom. The number of hydrogen-bond donors (Lipinski definition) is 0. The maximum atomic E-state index is 6.14. The van der Waals surface area contributed by atoms with Crippen LogP contribution >= 0.6 is 11.6 Å². The average molecular weight is 447 g/mol. The fourth-order valence-corrected chi connectivity index (χ4v) is 4.30. The second-order valence-corrected chi connectivity index (χ2v) is 9.34. The van der Waals surface area contributed by atoms with E-state index in [1.807, 2.05) is 31.2 Å². The number of aromatic nitrogens is 2. The van der Waals surface area contributed by atoms with Crippen molar-refractivity contribution >= 4 is 22.6 Å². The van der Waals surface area contributed by atoms with Crippen molar-refractivity contribution in [1.29, 1.82) is 0 Å². The lowest BCUT2D eigenvalue weighted by molar-refractivity contribution is 0.297. The van der Waals surface area contributed by atoms with Crippen molar-refractivity contribution in [3.8, 4) is 5.75 Å². The van der Waals surface area contributed by atoms with Gasteiger partial charge in [0.2, 0.25) is 0 Å². The Morgan fingerprint density at radius 2 is 1.72 bits per heavy atom. The van der Waals surface area contributed by atoms with E-state index in [0.29, 0.717) is 12.5 Å². The highest BCUT2D eigenvalue weighted by Gasteiger charge is 2.18. The average Bonchev–Trinajstić information content (AvgIpc) is 3.14. The van der Waals surface area contributed by atoms with E-state index in [2.05, 4.69) is 67.8 Å². The van der Waals surface area contributed by atoms with E-state index in [1.165, 1.54) is 11.1 Å². The van der Waals surface area contributed by atoms with Gasteiger partial charge in [-0.1, -0.05) is 68.8 Å². The van der Waals surface area contributed by atoms with Crippen LogP contribution in [0.5, 0.6) is 5.75 Å². The number of halogens is 1. The zero-order valence-corrected chi connectivity index (χ0v) is 20.1. The number of imidazole rings is 1. The van der Waals surface area contributed by atoms with Gasteiger partial charge in [0.05, 0.1) is 17.6 Å². The first-order valence-corrected chi connectivity index (χ1v) is 11.7. The van der Waals surface area contributed by atoms with Crippen LogP contribution in [0.4, 0.5) is 0 Å². The van der Waals surface area contributed by atoms with Crippen LogP contribution in [0.15, 0.2) is 66.7 Å². The molecule has 4 rings (SSSR count). The quantitative estimate of drug-likeness (QED) is 0.281. The largest absolute Gasteiger partial charge is 0.492 e. The van der Waals surface area contributed by atoms with Gasteiger partial charge >= 0.3 is 0 Å². The van der Waals surface area contributed by atoms with Crippen LogP contribution in [0.2, 0.25) is 5.02 Å². The maximum Gasteiger partial charge on any atom is 0.119 e. The molecule has 4 aromatic rings. The van der Waals surface area contributed by atoms with Gasteiger partial charge in [0, 0.05) is 10.9 Å². The number of para-hydroxylation sites is 2. The molecule has 1 heterocycles. The number of fused-ring (bicyclic) bond motifs is 1. The van der Waals surface area contributed by atoms with Gasteiger partial charge in [0.1, 0.15) is 18.2 Å². The third-order valence-electron chi connectivity index (χ3n) is 5.91. The summed E-state index contributed by atoms with van der Waals surface area (Å²) in [6.45, 7) is 10.0. The summed E-state index contributed by atoms with van der Waals surface area (Å²) in [5.41, 5.74) is 5.85. The van der Waals surface area contributed by atoms with Crippen LogP contribution in [0.1, 0.15) is 49.2 Å². The van der Waals surface area contributed by atoms with Gasteiger partial charge in [-0.05, 0) is 66.3 Å². The summed E-state index contributed by atoms with van der Waals surface area (Å²) in [5, 5.41) is 0.758. The Balaban J connectivity index is 1.57. The lowest BCUT2D eigenvalue weighted by Crippen LogP contribution is -2.13. The predicted octanol–water partition coefficient (Wildman–Crippen LogP) is 7.43. The second-order valence-electron chi connectivity index (χ2n) is 8.93. The summed E-state index contributed by atoms with van der Waals surface area (Å²) in [7, 11) is 0. The van der Waals surface area contributed by atoms with Crippen LogP contribution in [-0.4, -0.2) is 16.2 Å². The number of aryl methyl sites for hydroxylation is 1. The van der Waals surface area contributed by atoms with Crippen molar-refractivity contribution in [2.45, 2.75) is 46.6 Å². The first kappa shape index (κ1) is 22.4. The van der Waals surface area contributed by atoms with E-state index in [-0.39, 0.29) is 5.92 Å². The highest BCUT2D eigenvalue weighted by molar-refractivity contribution is 6.31. The fourth-order valence-electron chi connectivity index (χ4n) is 4.18. The molecule has 0 aliphatic rings. The molecule has 0 aliphatic heterocycles. The Kier molecular flexibility index (Phi) is 6.86. The highest BCUT2D eigenvalue weighted by Crippen LogP contribution is 2.28. The normalized spacial score (nSPS) is 12.4. The third kappa shape index (κ3) is 4.99. The zero-order valence-electron chi connectivity index (χ0n) is 19.3. The Morgan fingerprint density at radius 1 is 0.969 bits per heavy atom. The summed E-state index contributed by atoms with van der Waals surface area (Å²) < 4.78 is 8.35. The van der Waals surface area contributed by atoms with Gasteiger partial charge in [-0.3, -0.25) is 0 Å². The molecule has 32 heavy (non-hydrogen) atoms. The first-order chi connectivity index (χ1) is 15.4. The molecule has 0 spiro atoms. The minimum atomic E-state index is 0.188. The Bertz CT molecular complexity index is 1190. The van der Waals surface area contributed by atoms with E-state index in [4.69, 9.17) is 21.3 Å². The van der Waals surface area contributed by atoms with Crippen LogP contribution in [0.3, 0.4) is 0 Å². The molecule has 0 saturated carbocycles. The monoisotopic (exact) mass is 446 g/mol. The number of benzene rings is 3. The molecule has 0 saturated heterocycles. The lowest BCUT2D eigenvalue weighted by Gasteiger charge is -2.16. The van der Waals surface area contributed by atoms with Crippen molar-refractivity contribution in [3.05, 3.63) is 94.3 Å². The molecule has 1 aromatic heterocycles. The van der Waals surface area contributed by atoms with Crippen molar-refractivity contribution in [3.63, 3.8) is 0 Å². The summed E-state index contributed by atoms with van der Waals surface area (Å²) >= 11 is 6.14. The van der Waals surface area contributed by atoms with Crippen molar-refractivity contribution in [2.24, 2.45) is 5.92 Å². The SMILES string of the molecule is Cc1cc(OCCn2c(C(C)c3ccc(CC(C)C)cc3)nc3ccccc32)ccc1Cl. The van der Waals surface area contributed by atoms with E-state index in [9.17, 15) is 0 Å². The smallest absolute Gasteiger partial charge is 0.119 e. The number of ether oxygens (including phenoxy) is 1. The molecule has 0 aliphatic carbocycles. The lowest BCUT2D eigenvalue weighted by atomic mass is 9.96. The van der Waals surface area contributed by atoms with Crippen molar-refractivity contribution < 1.29 is 4.74 Å². The molecular weight excluding hydrogens is 416 g/mol.